The van der Waals surface area contributed by atoms with Crippen LogP contribution in [0.4, 0.5) is 10.1 Å². The lowest BCUT2D eigenvalue weighted by Crippen LogP contribution is -1.95. The topological polar surface area (TPSA) is 78.2 Å². The van der Waals surface area contributed by atoms with Crippen molar-refractivity contribution in [3.8, 4) is 11.6 Å². The van der Waals surface area contributed by atoms with Gasteiger partial charge in [-0.2, -0.15) is 4.39 Å². The standard InChI is InChI=1S/C10H5ClFN3O3/c11-6-1-2-8(7(3-6)15(16)17)18-10-4-9(12)13-5-14-10/h1-5H. The Kier molecular flexibility index (Phi) is 3.33. The van der Waals surface area contributed by atoms with Gasteiger partial charge in [-0.3, -0.25) is 10.1 Å². The van der Waals surface area contributed by atoms with Crippen molar-refractivity contribution in [1.82, 2.24) is 9.97 Å². The van der Waals surface area contributed by atoms with Gasteiger partial charge >= 0.3 is 5.69 Å². The third kappa shape index (κ3) is 2.69. The fourth-order valence-electron chi connectivity index (χ4n) is 1.21. The van der Waals surface area contributed by atoms with Crippen LogP contribution in [0.25, 0.3) is 0 Å². The van der Waals surface area contributed by atoms with Gasteiger partial charge in [0.2, 0.25) is 17.6 Å². The molecule has 1 aromatic carbocycles. The highest BCUT2D eigenvalue weighted by Crippen LogP contribution is 2.32. The second kappa shape index (κ2) is 4.92. The zero-order valence-electron chi connectivity index (χ0n) is 8.71. The van der Waals surface area contributed by atoms with Gasteiger partial charge < -0.3 is 4.74 Å². The Morgan fingerprint density at radius 1 is 1.33 bits per heavy atom. The van der Waals surface area contributed by atoms with Crippen molar-refractivity contribution >= 4 is 17.3 Å². The average molecular weight is 270 g/mol. The number of hydrogen-bond donors (Lipinski definition) is 0. The van der Waals surface area contributed by atoms with E-state index in [-0.39, 0.29) is 22.3 Å². The van der Waals surface area contributed by atoms with Gasteiger partial charge in [-0.15, -0.1) is 0 Å². The summed E-state index contributed by atoms with van der Waals surface area (Å²) in [6.07, 6.45) is 0.951. The van der Waals surface area contributed by atoms with Crippen molar-refractivity contribution in [2.24, 2.45) is 0 Å². The van der Waals surface area contributed by atoms with Gasteiger partial charge in [-0.1, -0.05) is 11.6 Å². The highest BCUT2D eigenvalue weighted by Gasteiger charge is 2.17. The zero-order valence-corrected chi connectivity index (χ0v) is 9.46. The van der Waals surface area contributed by atoms with E-state index < -0.39 is 10.9 Å². The Balaban J connectivity index is 2.37. The fourth-order valence-corrected chi connectivity index (χ4v) is 1.37. The van der Waals surface area contributed by atoms with Crippen LogP contribution in [-0.2, 0) is 0 Å². The molecule has 0 aliphatic rings. The summed E-state index contributed by atoms with van der Waals surface area (Å²) in [5.41, 5.74) is -0.332. The van der Waals surface area contributed by atoms with E-state index >= 15 is 0 Å². The summed E-state index contributed by atoms with van der Waals surface area (Å²) in [5, 5.41) is 11.0. The summed E-state index contributed by atoms with van der Waals surface area (Å²) in [6, 6.07) is 4.77. The highest BCUT2D eigenvalue weighted by atomic mass is 35.5. The van der Waals surface area contributed by atoms with Crippen molar-refractivity contribution in [1.29, 1.82) is 0 Å². The van der Waals surface area contributed by atoms with Crippen LogP contribution in [0.2, 0.25) is 5.02 Å². The smallest absolute Gasteiger partial charge is 0.313 e. The minimum Gasteiger partial charge on any atom is -0.432 e. The van der Waals surface area contributed by atoms with E-state index in [9.17, 15) is 14.5 Å². The molecule has 0 saturated heterocycles. The second-order valence-corrected chi connectivity index (χ2v) is 3.59. The summed E-state index contributed by atoms with van der Waals surface area (Å²) in [7, 11) is 0. The molecule has 0 atom stereocenters. The molecule has 0 N–H and O–H groups in total. The van der Waals surface area contributed by atoms with Gasteiger partial charge in [-0.25, -0.2) is 9.97 Å². The molecule has 2 rings (SSSR count). The molecule has 1 aromatic heterocycles. The van der Waals surface area contributed by atoms with Gasteiger partial charge in [0.1, 0.15) is 6.33 Å². The number of hydrogen-bond acceptors (Lipinski definition) is 5. The van der Waals surface area contributed by atoms with Gasteiger partial charge in [0.15, 0.2) is 0 Å². The molecule has 0 spiro atoms. The summed E-state index contributed by atoms with van der Waals surface area (Å²) in [4.78, 5) is 17.0. The molecule has 0 unspecified atom stereocenters. The molecule has 18 heavy (non-hydrogen) atoms. The molecule has 6 nitrogen and oxygen atoms in total. The average Bonchev–Trinajstić information content (AvgIpc) is 2.31. The van der Waals surface area contributed by atoms with Gasteiger partial charge in [0, 0.05) is 11.1 Å². The number of aromatic nitrogens is 2. The maximum absolute atomic E-state index is 12.8. The minimum atomic E-state index is -0.795. The lowest BCUT2D eigenvalue weighted by Gasteiger charge is -2.05. The summed E-state index contributed by atoms with van der Waals surface area (Å²) in [5.74, 6) is -1.01. The quantitative estimate of drug-likeness (QED) is 0.486. The van der Waals surface area contributed by atoms with Crippen LogP contribution >= 0.6 is 11.6 Å². The predicted octanol–water partition coefficient (Wildman–Crippen LogP) is 2.97. The molecular formula is C10H5ClFN3O3. The van der Waals surface area contributed by atoms with E-state index in [0.29, 0.717) is 0 Å². The molecule has 0 saturated carbocycles. The number of halogens is 2. The van der Waals surface area contributed by atoms with Crippen molar-refractivity contribution < 1.29 is 14.1 Å². The van der Waals surface area contributed by atoms with E-state index in [1.54, 1.807) is 0 Å². The molecule has 0 radical (unpaired) electrons. The third-order valence-corrected chi connectivity index (χ3v) is 2.18. The van der Waals surface area contributed by atoms with Gasteiger partial charge in [0.25, 0.3) is 0 Å². The second-order valence-electron chi connectivity index (χ2n) is 3.15. The number of nitro benzene ring substituents is 1. The van der Waals surface area contributed by atoms with E-state index in [4.69, 9.17) is 16.3 Å². The number of nitro groups is 1. The largest absolute Gasteiger partial charge is 0.432 e. The summed E-state index contributed by atoms with van der Waals surface area (Å²) < 4.78 is 17.9. The van der Waals surface area contributed by atoms with Crippen LogP contribution < -0.4 is 4.74 Å². The van der Waals surface area contributed by atoms with E-state index in [2.05, 4.69) is 9.97 Å². The van der Waals surface area contributed by atoms with Crippen LogP contribution in [0.3, 0.4) is 0 Å². The van der Waals surface area contributed by atoms with E-state index in [1.165, 1.54) is 12.1 Å². The highest BCUT2D eigenvalue weighted by molar-refractivity contribution is 6.30. The minimum absolute atomic E-state index is 0.0810. The van der Waals surface area contributed by atoms with Crippen molar-refractivity contribution in [3.63, 3.8) is 0 Å². The first kappa shape index (κ1) is 12.2. The maximum Gasteiger partial charge on any atom is 0.313 e. The number of nitrogens with zero attached hydrogens (tertiary/aromatic N) is 3. The molecule has 1 heterocycles. The first-order valence-corrected chi connectivity index (χ1v) is 5.03. The van der Waals surface area contributed by atoms with Crippen LogP contribution in [0.1, 0.15) is 0 Å². The Bertz CT molecular complexity index is 609. The first-order valence-electron chi connectivity index (χ1n) is 4.65. The number of benzene rings is 1. The molecule has 0 fully saturated rings. The molecule has 0 aliphatic carbocycles. The number of ether oxygens (including phenoxy) is 1. The van der Waals surface area contributed by atoms with Crippen LogP contribution in [-0.4, -0.2) is 14.9 Å². The lowest BCUT2D eigenvalue weighted by atomic mass is 10.3. The molecule has 92 valence electrons. The third-order valence-electron chi connectivity index (χ3n) is 1.94. The monoisotopic (exact) mass is 269 g/mol. The van der Waals surface area contributed by atoms with Crippen molar-refractivity contribution in [2.45, 2.75) is 0 Å². The Morgan fingerprint density at radius 3 is 2.78 bits per heavy atom. The van der Waals surface area contributed by atoms with Crippen LogP contribution in [0.15, 0.2) is 30.6 Å². The van der Waals surface area contributed by atoms with E-state index in [0.717, 1.165) is 18.5 Å². The molecule has 0 amide bonds. The Hall–Kier alpha value is -2.28. The fraction of sp³-hybridized carbons (Fsp3) is 0. The molecule has 0 bridgehead atoms. The predicted molar refractivity (Wildman–Crippen MR) is 60.2 cm³/mol. The first-order chi connectivity index (χ1) is 8.56. The van der Waals surface area contributed by atoms with Gasteiger partial charge in [0.05, 0.1) is 11.0 Å². The SMILES string of the molecule is O=[N+]([O-])c1cc(Cl)ccc1Oc1cc(F)ncn1. The summed E-state index contributed by atoms with van der Waals surface area (Å²) in [6.45, 7) is 0. The summed E-state index contributed by atoms with van der Waals surface area (Å²) >= 11 is 5.64. The molecule has 0 aliphatic heterocycles. The zero-order chi connectivity index (χ0) is 13.1. The van der Waals surface area contributed by atoms with E-state index in [1.807, 2.05) is 0 Å². The van der Waals surface area contributed by atoms with Gasteiger partial charge in [-0.05, 0) is 12.1 Å². The van der Waals surface area contributed by atoms with Crippen molar-refractivity contribution in [2.75, 3.05) is 0 Å². The number of rotatable bonds is 3. The lowest BCUT2D eigenvalue weighted by molar-refractivity contribution is -0.385. The van der Waals surface area contributed by atoms with Crippen molar-refractivity contribution in [3.05, 3.63) is 51.7 Å². The Morgan fingerprint density at radius 2 is 2.11 bits per heavy atom. The molecular weight excluding hydrogens is 265 g/mol. The Labute approximate surface area is 105 Å². The van der Waals surface area contributed by atoms with Crippen LogP contribution in [0.5, 0.6) is 11.6 Å². The molecule has 2 aromatic rings. The van der Waals surface area contributed by atoms with Crippen LogP contribution in [0, 0.1) is 16.1 Å². The maximum atomic E-state index is 12.8. The normalized spacial score (nSPS) is 10.1. The molecule has 8 heteroatoms.